The number of benzene rings is 2. The molecule has 0 bridgehead atoms. The van der Waals surface area contributed by atoms with Crippen LogP contribution in [0.3, 0.4) is 0 Å². The Hall–Kier alpha value is -2.18. The molecule has 2 aromatic carbocycles. The summed E-state index contributed by atoms with van der Waals surface area (Å²) in [5.74, 6) is 0. The maximum atomic E-state index is 13.7. The van der Waals surface area contributed by atoms with Crippen LogP contribution in [0, 0.1) is 0 Å². The SMILES string of the molecule is CCC(C)(CC)c1ccc(-c2ccc(N)cc2C(F)(F)F)c(C(F)(F)F)c1. The Balaban J connectivity index is 2.80. The van der Waals surface area contributed by atoms with E-state index in [1.807, 2.05) is 20.8 Å². The van der Waals surface area contributed by atoms with Crippen molar-refractivity contribution >= 4 is 5.69 Å². The summed E-state index contributed by atoms with van der Waals surface area (Å²) >= 11 is 0. The van der Waals surface area contributed by atoms with Crippen LogP contribution in [-0.4, -0.2) is 0 Å². The first-order chi connectivity index (χ1) is 12.3. The van der Waals surface area contributed by atoms with E-state index < -0.39 is 40.0 Å². The molecular formula is C20H21F6N. The Morgan fingerprint density at radius 2 is 1.19 bits per heavy atom. The molecule has 0 aliphatic carbocycles. The Bertz CT molecular complexity index is 816. The van der Waals surface area contributed by atoms with Gasteiger partial charge in [0.25, 0.3) is 0 Å². The van der Waals surface area contributed by atoms with E-state index in [-0.39, 0.29) is 5.69 Å². The monoisotopic (exact) mass is 389 g/mol. The topological polar surface area (TPSA) is 26.0 Å². The first-order valence-electron chi connectivity index (χ1n) is 8.52. The zero-order valence-electron chi connectivity index (χ0n) is 15.2. The first-order valence-corrected chi connectivity index (χ1v) is 8.52. The summed E-state index contributed by atoms with van der Waals surface area (Å²) in [5, 5.41) is 0. The van der Waals surface area contributed by atoms with Gasteiger partial charge in [0.05, 0.1) is 11.1 Å². The third-order valence-corrected chi connectivity index (χ3v) is 5.22. The summed E-state index contributed by atoms with van der Waals surface area (Å²) in [6, 6.07) is 6.39. The highest BCUT2D eigenvalue weighted by Crippen LogP contribution is 2.45. The van der Waals surface area contributed by atoms with Gasteiger partial charge in [-0.1, -0.05) is 39.0 Å². The van der Waals surface area contributed by atoms with Gasteiger partial charge in [-0.15, -0.1) is 0 Å². The molecule has 0 aromatic heterocycles. The van der Waals surface area contributed by atoms with Gasteiger partial charge >= 0.3 is 12.4 Å². The zero-order chi connectivity index (χ0) is 20.6. The molecule has 0 spiro atoms. The fourth-order valence-corrected chi connectivity index (χ4v) is 3.08. The molecule has 1 nitrogen and oxygen atoms in total. The summed E-state index contributed by atoms with van der Waals surface area (Å²) in [7, 11) is 0. The molecule has 0 fully saturated rings. The molecule has 2 aromatic rings. The van der Waals surface area contributed by atoms with Gasteiger partial charge in [0.2, 0.25) is 0 Å². The Morgan fingerprint density at radius 3 is 1.63 bits per heavy atom. The number of nitrogen functional groups attached to an aromatic ring is 1. The normalized spacial score (nSPS) is 13.1. The van der Waals surface area contributed by atoms with Gasteiger partial charge in [0.1, 0.15) is 0 Å². The van der Waals surface area contributed by atoms with Crippen molar-refractivity contribution in [3.8, 4) is 11.1 Å². The maximum absolute atomic E-state index is 13.7. The van der Waals surface area contributed by atoms with Crippen molar-refractivity contribution in [1.29, 1.82) is 0 Å². The fourth-order valence-electron chi connectivity index (χ4n) is 3.08. The minimum atomic E-state index is -4.83. The highest BCUT2D eigenvalue weighted by atomic mass is 19.4. The Morgan fingerprint density at radius 1 is 0.741 bits per heavy atom. The summed E-state index contributed by atoms with van der Waals surface area (Å²) in [6.45, 7) is 5.57. The molecule has 0 atom stereocenters. The third-order valence-electron chi connectivity index (χ3n) is 5.22. The molecule has 0 saturated heterocycles. The van der Waals surface area contributed by atoms with Gasteiger partial charge < -0.3 is 5.73 Å². The van der Waals surface area contributed by atoms with Crippen LogP contribution >= 0.6 is 0 Å². The lowest BCUT2D eigenvalue weighted by Gasteiger charge is -2.29. The number of alkyl halides is 6. The second-order valence-corrected chi connectivity index (χ2v) is 6.83. The first kappa shape index (κ1) is 21.1. The van der Waals surface area contributed by atoms with Gasteiger partial charge in [-0.25, -0.2) is 0 Å². The number of hydrogen-bond acceptors (Lipinski definition) is 1. The molecule has 27 heavy (non-hydrogen) atoms. The predicted octanol–water partition coefficient (Wildman–Crippen LogP) is 7.05. The molecule has 7 heteroatoms. The van der Waals surface area contributed by atoms with Crippen molar-refractivity contribution in [3.63, 3.8) is 0 Å². The van der Waals surface area contributed by atoms with E-state index >= 15 is 0 Å². The van der Waals surface area contributed by atoms with Gasteiger partial charge in [0.15, 0.2) is 0 Å². The van der Waals surface area contributed by atoms with E-state index in [4.69, 9.17) is 5.73 Å². The number of anilines is 1. The molecule has 0 radical (unpaired) electrons. The highest BCUT2D eigenvalue weighted by molar-refractivity contribution is 5.74. The second kappa shape index (κ2) is 7.09. The molecule has 0 aliphatic rings. The average molecular weight is 389 g/mol. The van der Waals surface area contributed by atoms with Crippen LogP contribution in [-0.2, 0) is 17.8 Å². The van der Waals surface area contributed by atoms with Crippen LogP contribution in [0.25, 0.3) is 11.1 Å². The molecule has 0 heterocycles. The zero-order valence-corrected chi connectivity index (χ0v) is 15.2. The number of rotatable bonds is 4. The Labute approximate surface area is 154 Å². The van der Waals surface area contributed by atoms with Gasteiger partial charge in [-0.05, 0) is 53.1 Å². The van der Waals surface area contributed by atoms with Crippen molar-refractivity contribution in [2.45, 2.75) is 51.4 Å². The van der Waals surface area contributed by atoms with E-state index in [0.29, 0.717) is 24.5 Å². The van der Waals surface area contributed by atoms with Crippen molar-refractivity contribution in [2.24, 2.45) is 0 Å². The lowest BCUT2D eigenvalue weighted by atomic mass is 9.76. The van der Waals surface area contributed by atoms with E-state index in [1.54, 1.807) is 0 Å². The van der Waals surface area contributed by atoms with Crippen molar-refractivity contribution < 1.29 is 26.3 Å². The van der Waals surface area contributed by atoms with Crippen molar-refractivity contribution in [3.05, 3.63) is 53.1 Å². The van der Waals surface area contributed by atoms with Crippen LogP contribution in [0.5, 0.6) is 0 Å². The van der Waals surface area contributed by atoms with Crippen LogP contribution < -0.4 is 5.73 Å². The maximum Gasteiger partial charge on any atom is 0.417 e. The molecule has 2 rings (SSSR count). The minimum absolute atomic E-state index is 0.166. The highest BCUT2D eigenvalue weighted by Gasteiger charge is 2.39. The molecule has 0 unspecified atom stereocenters. The number of halogens is 6. The number of hydrogen-bond donors (Lipinski definition) is 1. The molecule has 148 valence electrons. The predicted molar refractivity (Wildman–Crippen MR) is 94.2 cm³/mol. The second-order valence-electron chi connectivity index (χ2n) is 6.83. The van der Waals surface area contributed by atoms with Gasteiger partial charge in [-0.2, -0.15) is 26.3 Å². The fraction of sp³-hybridized carbons (Fsp3) is 0.400. The summed E-state index contributed by atoms with van der Waals surface area (Å²) in [4.78, 5) is 0. The quantitative estimate of drug-likeness (QED) is 0.440. The molecular weight excluding hydrogens is 368 g/mol. The summed E-state index contributed by atoms with van der Waals surface area (Å²) in [6.07, 6.45) is -8.41. The van der Waals surface area contributed by atoms with Crippen LogP contribution in [0.15, 0.2) is 36.4 Å². The van der Waals surface area contributed by atoms with Crippen molar-refractivity contribution in [1.82, 2.24) is 0 Å². The summed E-state index contributed by atoms with van der Waals surface area (Å²) in [5.41, 5.74) is 1.90. The lowest BCUT2D eigenvalue weighted by Crippen LogP contribution is -2.21. The van der Waals surface area contributed by atoms with E-state index in [9.17, 15) is 26.3 Å². The minimum Gasteiger partial charge on any atom is -0.399 e. The third kappa shape index (κ3) is 4.22. The van der Waals surface area contributed by atoms with Crippen LogP contribution in [0.1, 0.15) is 50.3 Å². The lowest BCUT2D eigenvalue weighted by molar-refractivity contribution is -0.139. The average Bonchev–Trinajstić information content (AvgIpc) is 2.59. The summed E-state index contributed by atoms with van der Waals surface area (Å²) < 4.78 is 81.3. The smallest absolute Gasteiger partial charge is 0.399 e. The van der Waals surface area contributed by atoms with E-state index in [0.717, 1.165) is 18.2 Å². The van der Waals surface area contributed by atoms with Crippen LogP contribution in [0.4, 0.5) is 32.0 Å². The standard InChI is InChI=1S/C20H21F6N/c1-4-18(3,5-2)12-6-8-14(16(10-12)19(21,22)23)15-9-7-13(27)11-17(15)20(24,25)26/h6-11H,4-5,27H2,1-3H3. The Kier molecular flexibility index (Phi) is 5.55. The van der Waals surface area contributed by atoms with E-state index in [2.05, 4.69) is 0 Å². The largest absolute Gasteiger partial charge is 0.417 e. The van der Waals surface area contributed by atoms with E-state index in [1.165, 1.54) is 12.1 Å². The molecule has 0 amide bonds. The van der Waals surface area contributed by atoms with Crippen LogP contribution in [0.2, 0.25) is 0 Å². The van der Waals surface area contributed by atoms with Gasteiger partial charge in [0, 0.05) is 5.69 Å². The molecule has 0 saturated carbocycles. The van der Waals surface area contributed by atoms with Crippen molar-refractivity contribution in [2.75, 3.05) is 5.73 Å². The van der Waals surface area contributed by atoms with Gasteiger partial charge in [-0.3, -0.25) is 0 Å². The molecule has 0 aliphatic heterocycles. The number of nitrogens with two attached hydrogens (primary N) is 1. The molecule has 2 N–H and O–H groups in total.